The van der Waals surface area contributed by atoms with E-state index in [9.17, 15) is 30.6 Å². The second-order valence-corrected chi connectivity index (χ2v) is 8.66. The molecule has 1 rings (SSSR count). The molecule has 1 saturated heterocycles. The van der Waals surface area contributed by atoms with E-state index in [0.29, 0.717) is 25.7 Å². The lowest BCUT2D eigenvalue weighted by molar-refractivity contribution is -0.322. The summed E-state index contributed by atoms with van der Waals surface area (Å²) in [6.45, 7) is 9.84. The molecular weight excluding hydrogens is 380 g/mol. The average molecular weight is 419 g/mol. The number of ether oxygens (including phenoxy) is 2. The Morgan fingerprint density at radius 3 is 2.28 bits per heavy atom. The Balaban J connectivity index is 2.72. The fourth-order valence-corrected chi connectivity index (χ4v) is 3.10. The molecule has 0 aliphatic carbocycles. The van der Waals surface area contributed by atoms with Crippen LogP contribution in [0.5, 0.6) is 0 Å². The fraction of sp³-hybridized carbons (Fsp3) is 0.810. The van der Waals surface area contributed by atoms with Crippen molar-refractivity contribution in [2.75, 3.05) is 6.61 Å². The molecule has 170 valence electrons. The molecule has 1 aliphatic rings. The smallest absolute Gasteiger partial charge is 0.187 e. The molecule has 1 fully saturated rings. The van der Waals surface area contributed by atoms with Crippen molar-refractivity contribution in [2.45, 2.75) is 101 Å². The van der Waals surface area contributed by atoms with E-state index in [-0.39, 0.29) is 0 Å². The maximum atomic E-state index is 10.5. The minimum absolute atomic E-state index is 0.415. The fourth-order valence-electron chi connectivity index (χ4n) is 3.10. The number of hydrogen-bond donors (Lipinski definition) is 6. The van der Waals surface area contributed by atoms with Crippen LogP contribution in [0.1, 0.15) is 53.4 Å². The van der Waals surface area contributed by atoms with Gasteiger partial charge in [-0.1, -0.05) is 17.7 Å². The van der Waals surface area contributed by atoms with Gasteiger partial charge in [-0.3, -0.25) is 0 Å². The Bertz CT molecular complexity index is 537. The van der Waals surface area contributed by atoms with Crippen LogP contribution >= 0.6 is 0 Å². The SMILES string of the molecule is C=C[C@](C)(O)CC/C=C(\C)CC[C@@H](O[C@@H]1O[C@H](CO)[C@@H](O)[C@H](O)[C@H]1O)C(C)(C)O. The highest BCUT2D eigenvalue weighted by molar-refractivity contribution is 5.02. The minimum Gasteiger partial charge on any atom is -0.394 e. The zero-order chi connectivity index (χ0) is 22.4. The quantitative estimate of drug-likeness (QED) is 0.265. The van der Waals surface area contributed by atoms with Gasteiger partial charge in [-0.25, -0.2) is 0 Å². The van der Waals surface area contributed by atoms with Crippen molar-refractivity contribution in [3.63, 3.8) is 0 Å². The first-order valence-corrected chi connectivity index (χ1v) is 10.0. The van der Waals surface area contributed by atoms with Crippen LogP contribution in [0.25, 0.3) is 0 Å². The molecule has 0 aromatic carbocycles. The summed E-state index contributed by atoms with van der Waals surface area (Å²) in [7, 11) is 0. The van der Waals surface area contributed by atoms with E-state index in [2.05, 4.69) is 6.58 Å². The first kappa shape index (κ1) is 26.2. The van der Waals surface area contributed by atoms with E-state index in [1.54, 1.807) is 20.8 Å². The molecule has 1 aliphatic heterocycles. The molecule has 1 heterocycles. The lowest BCUT2D eigenvalue weighted by atomic mass is 9.94. The van der Waals surface area contributed by atoms with Gasteiger partial charge in [-0.2, -0.15) is 0 Å². The molecule has 7 atom stereocenters. The van der Waals surface area contributed by atoms with Crippen molar-refractivity contribution in [1.29, 1.82) is 0 Å². The normalized spacial score (nSPS) is 31.9. The number of hydrogen-bond acceptors (Lipinski definition) is 8. The minimum atomic E-state index is -1.53. The van der Waals surface area contributed by atoms with Crippen LogP contribution in [0.4, 0.5) is 0 Å². The Morgan fingerprint density at radius 1 is 1.14 bits per heavy atom. The van der Waals surface area contributed by atoms with Crippen molar-refractivity contribution in [2.24, 2.45) is 0 Å². The van der Waals surface area contributed by atoms with E-state index in [1.807, 2.05) is 13.0 Å². The largest absolute Gasteiger partial charge is 0.394 e. The lowest BCUT2D eigenvalue weighted by Crippen LogP contribution is -2.60. The van der Waals surface area contributed by atoms with Crippen LogP contribution < -0.4 is 0 Å². The number of aliphatic hydroxyl groups is 6. The molecule has 8 heteroatoms. The van der Waals surface area contributed by atoms with Gasteiger partial charge in [-0.05, 0) is 53.4 Å². The van der Waals surface area contributed by atoms with Gasteiger partial charge in [0.05, 0.1) is 23.9 Å². The van der Waals surface area contributed by atoms with E-state index in [0.717, 1.165) is 5.57 Å². The number of rotatable bonds is 11. The summed E-state index contributed by atoms with van der Waals surface area (Å²) in [4.78, 5) is 0. The zero-order valence-corrected chi connectivity index (χ0v) is 17.9. The summed E-state index contributed by atoms with van der Waals surface area (Å²) in [5.41, 5.74) is -1.12. The third-order valence-corrected chi connectivity index (χ3v) is 5.32. The second-order valence-electron chi connectivity index (χ2n) is 8.66. The van der Waals surface area contributed by atoms with Gasteiger partial charge in [0.1, 0.15) is 24.4 Å². The van der Waals surface area contributed by atoms with Crippen LogP contribution in [0.2, 0.25) is 0 Å². The highest BCUT2D eigenvalue weighted by Gasteiger charge is 2.46. The van der Waals surface area contributed by atoms with Gasteiger partial charge in [0.15, 0.2) is 6.29 Å². The standard InChI is InChI=1S/C21H38O8/c1-6-21(5,27)11-7-8-13(2)9-10-15(20(3,4)26)29-19-18(25)17(24)16(23)14(12-22)28-19/h6,8,14-19,22-27H,1,7,9-12H2,2-5H3/b13-8+/t14-,15-,16-,17+,18-,19+,21+/m1/s1. The monoisotopic (exact) mass is 418 g/mol. The zero-order valence-electron chi connectivity index (χ0n) is 17.9. The summed E-state index contributed by atoms with van der Waals surface area (Å²) >= 11 is 0. The third kappa shape index (κ3) is 8.07. The van der Waals surface area contributed by atoms with Gasteiger partial charge >= 0.3 is 0 Å². The van der Waals surface area contributed by atoms with E-state index in [4.69, 9.17) is 9.47 Å². The summed E-state index contributed by atoms with van der Waals surface area (Å²) < 4.78 is 11.1. The second kappa shape index (κ2) is 11.0. The average Bonchev–Trinajstić information content (AvgIpc) is 2.63. The maximum absolute atomic E-state index is 10.5. The van der Waals surface area contributed by atoms with Crippen LogP contribution in [0.15, 0.2) is 24.3 Å². The highest BCUT2D eigenvalue weighted by Crippen LogP contribution is 2.28. The van der Waals surface area contributed by atoms with Gasteiger partial charge in [-0.15, -0.1) is 6.58 Å². The lowest BCUT2D eigenvalue weighted by Gasteiger charge is -2.42. The van der Waals surface area contributed by atoms with Crippen molar-refractivity contribution in [3.05, 3.63) is 24.3 Å². The molecule has 0 amide bonds. The molecule has 8 nitrogen and oxygen atoms in total. The third-order valence-electron chi connectivity index (χ3n) is 5.32. The van der Waals surface area contributed by atoms with Gasteiger partial charge < -0.3 is 40.1 Å². The van der Waals surface area contributed by atoms with Crippen LogP contribution in [0, 0.1) is 0 Å². The van der Waals surface area contributed by atoms with Crippen molar-refractivity contribution in [3.8, 4) is 0 Å². The Kier molecular flexibility index (Phi) is 9.91. The van der Waals surface area contributed by atoms with Crippen LogP contribution in [0.3, 0.4) is 0 Å². The molecular formula is C21H38O8. The Morgan fingerprint density at radius 2 is 1.76 bits per heavy atom. The topological polar surface area (TPSA) is 140 Å². The van der Waals surface area contributed by atoms with E-state index in [1.165, 1.54) is 6.08 Å². The molecule has 29 heavy (non-hydrogen) atoms. The number of aliphatic hydroxyl groups excluding tert-OH is 4. The van der Waals surface area contributed by atoms with Crippen molar-refractivity contribution in [1.82, 2.24) is 0 Å². The summed E-state index contributed by atoms with van der Waals surface area (Å²) in [5, 5.41) is 59.7. The Labute approximate surface area is 173 Å². The van der Waals surface area contributed by atoms with Crippen molar-refractivity contribution < 1.29 is 40.1 Å². The van der Waals surface area contributed by atoms with Crippen LogP contribution in [-0.4, -0.2) is 85.3 Å². The summed E-state index contributed by atoms with van der Waals surface area (Å²) in [6.07, 6.45) is -1.87. The van der Waals surface area contributed by atoms with Crippen LogP contribution in [-0.2, 0) is 9.47 Å². The molecule has 0 aromatic heterocycles. The van der Waals surface area contributed by atoms with Gasteiger partial charge in [0.25, 0.3) is 0 Å². The first-order chi connectivity index (χ1) is 13.3. The molecule has 0 spiro atoms. The molecule has 0 bridgehead atoms. The molecule has 0 radical (unpaired) electrons. The number of allylic oxidation sites excluding steroid dienone is 2. The van der Waals surface area contributed by atoms with Gasteiger partial charge in [0, 0.05) is 0 Å². The maximum Gasteiger partial charge on any atom is 0.187 e. The summed E-state index contributed by atoms with van der Waals surface area (Å²) in [6, 6.07) is 0. The molecule has 0 unspecified atom stereocenters. The predicted molar refractivity (Wildman–Crippen MR) is 108 cm³/mol. The molecule has 0 aromatic rings. The highest BCUT2D eigenvalue weighted by atomic mass is 16.7. The van der Waals surface area contributed by atoms with E-state index < -0.39 is 54.6 Å². The summed E-state index contributed by atoms with van der Waals surface area (Å²) in [5.74, 6) is 0. The Hall–Kier alpha value is -0.840. The molecule has 6 N–H and O–H groups in total. The van der Waals surface area contributed by atoms with Gasteiger partial charge in [0.2, 0.25) is 0 Å². The van der Waals surface area contributed by atoms with Crippen molar-refractivity contribution >= 4 is 0 Å². The predicted octanol–water partition coefficient (Wildman–Crippen LogP) is 0.386. The van der Waals surface area contributed by atoms with E-state index >= 15 is 0 Å². The molecule has 0 saturated carbocycles. The first-order valence-electron chi connectivity index (χ1n) is 10.0.